The Hall–Kier alpha value is -2.56. The smallest absolute Gasteiger partial charge is 0.577 e. The van der Waals surface area contributed by atoms with Gasteiger partial charge in [0.1, 0.15) is 0 Å². The van der Waals surface area contributed by atoms with Gasteiger partial charge in [-0.2, -0.15) is 18.2 Å². The summed E-state index contributed by atoms with van der Waals surface area (Å²) in [5.41, 5.74) is 7.09. The van der Waals surface area contributed by atoms with Crippen molar-refractivity contribution in [2.45, 2.75) is 6.92 Å². The summed E-state index contributed by atoms with van der Waals surface area (Å²) in [5, 5.41) is 10.4. The summed E-state index contributed by atoms with van der Waals surface area (Å²) < 4.78 is 59.2. The van der Waals surface area contributed by atoms with Crippen LogP contribution in [0.25, 0.3) is 5.59 Å². The number of nitroso groups, excluding NO2 is 1. The second-order valence-corrected chi connectivity index (χ2v) is 10.9. The predicted molar refractivity (Wildman–Crippen MR) is 167 cm³/mol. The summed E-state index contributed by atoms with van der Waals surface area (Å²) in [6.07, 6.45) is 0. The molecule has 1 radical (unpaired) electrons. The van der Waals surface area contributed by atoms with E-state index >= 15 is 0 Å². The number of hydrogen-bond acceptors (Lipinski definition) is 8. The number of rotatable bonds is 3. The van der Waals surface area contributed by atoms with Crippen molar-refractivity contribution in [3.05, 3.63) is 138 Å². The van der Waals surface area contributed by atoms with Gasteiger partial charge >= 0.3 is 69.5 Å². The molecule has 0 unspecified atom stereocenters. The first-order valence-electron chi connectivity index (χ1n) is 9.90. The molecule has 0 aliphatic carbocycles. The Morgan fingerprint density at radius 2 is 0.841 bits per heavy atom. The Bertz CT molecular complexity index is 1050. The third-order valence-electron chi connectivity index (χ3n) is 3.87. The van der Waals surface area contributed by atoms with E-state index in [1.165, 1.54) is 21.5 Å². The normalized spacial score (nSPS) is 9.59. The van der Waals surface area contributed by atoms with Crippen LogP contribution < -0.4 is 52.8 Å². The topological polar surface area (TPSA) is 273 Å². The average molecular weight is 801 g/mol. The van der Waals surface area contributed by atoms with E-state index in [9.17, 15) is 25.2 Å². The van der Waals surface area contributed by atoms with E-state index in [-0.39, 0.29) is 73.4 Å². The van der Waals surface area contributed by atoms with Crippen LogP contribution in [0.4, 0.5) is 25.2 Å². The molecule has 0 saturated carbocycles. The van der Waals surface area contributed by atoms with Crippen molar-refractivity contribution in [3.63, 3.8) is 0 Å². The minimum absolute atomic E-state index is 0. The maximum absolute atomic E-state index is 10.7. The van der Waals surface area contributed by atoms with Gasteiger partial charge in [-0.05, 0) is 23.8 Å². The van der Waals surface area contributed by atoms with E-state index < -0.39 is 15.7 Å². The van der Waals surface area contributed by atoms with Gasteiger partial charge in [-0.15, -0.1) is 0 Å². The monoisotopic (exact) mass is 801 g/mol. The molecule has 19 heteroatoms. The maximum Gasteiger partial charge on any atom is 2.00 e. The van der Waals surface area contributed by atoms with Crippen LogP contribution in [0.3, 0.4) is 0 Å². The van der Waals surface area contributed by atoms with Gasteiger partial charge < -0.3 is 59.2 Å². The van der Waals surface area contributed by atoms with Crippen molar-refractivity contribution in [1.29, 1.82) is 5.26 Å². The molecule has 0 saturated heterocycles. The quantitative estimate of drug-likeness (QED) is 0.0501. The summed E-state index contributed by atoms with van der Waals surface area (Å²) in [7, 11) is -11.1. The van der Waals surface area contributed by atoms with Crippen LogP contribution in [0.2, 0.25) is 0 Å². The van der Waals surface area contributed by atoms with E-state index in [1.54, 1.807) is 0 Å². The second-order valence-electron chi connectivity index (χ2n) is 6.76. The molecular formula is C25H40F6MnN8OP2Ru. The van der Waals surface area contributed by atoms with Crippen molar-refractivity contribution in [3.8, 4) is 0 Å². The molecule has 0 bridgehead atoms. The van der Waals surface area contributed by atoms with Crippen molar-refractivity contribution in [1.82, 2.24) is 36.9 Å². The van der Waals surface area contributed by atoms with Gasteiger partial charge in [0.15, 0.2) is 0 Å². The molecule has 4 aromatic carbocycles. The zero-order valence-corrected chi connectivity index (χ0v) is 28.6. The summed E-state index contributed by atoms with van der Waals surface area (Å²) >= 11 is 0. The van der Waals surface area contributed by atoms with Crippen LogP contribution in [0, 0.1) is 23.7 Å². The van der Waals surface area contributed by atoms with Gasteiger partial charge in [0.05, 0.1) is 0 Å². The third kappa shape index (κ3) is 35.6. The number of nitrogens with zero attached hydrogens (tertiary/aromatic N) is 2. The molecule has 0 aromatic heterocycles. The molecule has 44 heavy (non-hydrogen) atoms. The fraction of sp³-hybridized carbons (Fsp3) is 0.0400. The molecule has 0 aliphatic rings. The summed E-state index contributed by atoms with van der Waals surface area (Å²) in [6.45, 7) is 6.83. The standard InChI is InChI=1S/C18H15P.C6H7.CN.F6P.Mn.NO.6H3N.Ru/c1-4-10-16(11-5-1)19(17-12-6-2-7-13-17)18-14-8-3-9-15-18;1-6-4-2-3-5-6;1-2;1-7(2,3,4,5)6;;1-2;;;;;;;/h1-15H;2-5H,1H3;;;;;6*1H3;/q;3*-1;+2;-1;;;;;;;+2. The minimum atomic E-state index is -10.7. The Labute approximate surface area is 279 Å². The Kier molecular flexibility index (Phi) is 42.7. The molecule has 0 atom stereocenters. The average Bonchev–Trinajstić information content (AvgIpc) is 3.33. The SMILES string of the molecule is Cc1cc[cH-]c1.F[P-](F)(F)(F)(F)F.N.N.N.N.N.N.[C-]#N.[Mn+2].[N-]=O.[Ru+2].c1ccc(P(c2ccccc2)c2ccccc2)cc1. The van der Waals surface area contributed by atoms with Gasteiger partial charge in [0, 0.05) is 0 Å². The predicted octanol–water partition coefficient (Wildman–Crippen LogP) is 9.93. The van der Waals surface area contributed by atoms with Crippen LogP contribution in [0.15, 0.2) is 115 Å². The number of halogens is 6. The Morgan fingerprint density at radius 3 is 0.977 bits per heavy atom. The van der Waals surface area contributed by atoms with Crippen molar-refractivity contribution < 1.29 is 61.7 Å². The Balaban J connectivity index is -0.0000000604. The van der Waals surface area contributed by atoms with Gasteiger partial charge in [-0.3, -0.25) is 0 Å². The first-order valence-corrected chi connectivity index (χ1v) is 13.3. The number of benzene rings is 3. The fourth-order valence-electron chi connectivity index (χ4n) is 2.65. The van der Waals surface area contributed by atoms with Crippen LogP contribution in [-0.4, -0.2) is 0 Å². The minimum Gasteiger partial charge on any atom is -0.577 e. The molecule has 253 valence electrons. The van der Waals surface area contributed by atoms with Crippen molar-refractivity contribution >= 4 is 31.6 Å². The molecule has 9 nitrogen and oxygen atoms in total. The van der Waals surface area contributed by atoms with E-state index in [2.05, 4.69) is 110 Å². The maximum atomic E-state index is 9.87. The van der Waals surface area contributed by atoms with Gasteiger partial charge in [-0.1, -0.05) is 97.9 Å². The van der Waals surface area contributed by atoms with E-state index in [0.717, 1.165) is 0 Å². The van der Waals surface area contributed by atoms with Gasteiger partial charge in [0.2, 0.25) is 0 Å². The zero-order chi connectivity index (χ0) is 27.7. The summed E-state index contributed by atoms with van der Waals surface area (Å²) in [5.74, 6) is 0. The molecule has 0 amide bonds. The molecule has 4 aromatic rings. The summed E-state index contributed by atoms with van der Waals surface area (Å²) in [6, 6.07) is 40.6. The first-order chi connectivity index (χ1) is 16.8. The molecule has 0 spiro atoms. The molecule has 0 aliphatic heterocycles. The summed E-state index contributed by atoms with van der Waals surface area (Å²) in [4.78, 5) is 7.25. The number of hydrogen-bond donors (Lipinski definition) is 6. The van der Waals surface area contributed by atoms with Crippen molar-refractivity contribution in [2.75, 3.05) is 0 Å². The van der Waals surface area contributed by atoms with Gasteiger partial charge in [0.25, 0.3) is 0 Å². The third-order valence-corrected chi connectivity index (χ3v) is 6.32. The number of aryl methyl sites for hydroxylation is 1. The second kappa shape index (κ2) is 29.2. The molecular weight excluding hydrogens is 760 g/mol. The van der Waals surface area contributed by atoms with Crippen LogP contribution >= 0.6 is 15.7 Å². The van der Waals surface area contributed by atoms with Crippen LogP contribution in [-0.2, 0) is 36.5 Å². The Morgan fingerprint density at radius 1 is 0.614 bits per heavy atom. The molecule has 18 N–H and O–H groups in total. The molecule has 0 heterocycles. The van der Waals surface area contributed by atoms with Gasteiger partial charge in [-0.25, -0.2) is 11.6 Å². The zero-order valence-electron chi connectivity index (χ0n) is 23.9. The van der Waals surface area contributed by atoms with E-state index in [0.29, 0.717) is 0 Å². The first kappa shape index (κ1) is 64.4. The van der Waals surface area contributed by atoms with E-state index in [1.807, 2.05) is 12.1 Å². The van der Waals surface area contributed by atoms with Crippen LogP contribution in [0.1, 0.15) is 5.56 Å². The molecule has 4 rings (SSSR count). The molecule has 0 fully saturated rings. The van der Waals surface area contributed by atoms with E-state index in [4.69, 9.17) is 22.3 Å². The van der Waals surface area contributed by atoms with Crippen molar-refractivity contribution in [2.24, 2.45) is 0 Å². The van der Waals surface area contributed by atoms with Crippen LogP contribution in [0.5, 0.6) is 0 Å². The largest absolute Gasteiger partial charge is 2.00 e. The fourth-order valence-corrected chi connectivity index (χ4v) is 4.95.